The molecule has 21 heavy (non-hydrogen) atoms. The normalized spacial score (nSPS) is 30.8. The number of anilines is 1. The SMILES string of the molecule is CC1(CN2CCN(c3ccc(F)cc3)CC2)COCC1N. The smallest absolute Gasteiger partial charge is 0.123 e. The van der Waals surface area contributed by atoms with Crippen LogP contribution in [0.1, 0.15) is 6.92 Å². The minimum Gasteiger partial charge on any atom is -0.379 e. The first-order chi connectivity index (χ1) is 10.1. The van der Waals surface area contributed by atoms with Gasteiger partial charge in [-0.25, -0.2) is 4.39 Å². The topological polar surface area (TPSA) is 41.7 Å². The maximum absolute atomic E-state index is 13.0. The molecule has 116 valence electrons. The predicted octanol–water partition coefficient (Wildman–Crippen LogP) is 1.31. The predicted molar refractivity (Wildman–Crippen MR) is 82.0 cm³/mol. The van der Waals surface area contributed by atoms with Gasteiger partial charge in [0.25, 0.3) is 0 Å². The lowest BCUT2D eigenvalue weighted by Gasteiger charge is -2.40. The fourth-order valence-corrected chi connectivity index (χ4v) is 3.22. The van der Waals surface area contributed by atoms with Gasteiger partial charge in [-0.05, 0) is 24.3 Å². The van der Waals surface area contributed by atoms with Crippen LogP contribution in [-0.2, 0) is 4.74 Å². The van der Waals surface area contributed by atoms with Crippen molar-refractivity contribution in [3.8, 4) is 0 Å². The molecule has 2 fully saturated rings. The van der Waals surface area contributed by atoms with Gasteiger partial charge in [0.2, 0.25) is 0 Å². The molecule has 0 radical (unpaired) electrons. The lowest BCUT2D eigenvalue weighted by Crippen LogP contribution is -2.53. The molecule has 0 spiro atoms. The second kappa shape index (κ2) is 5.91. The van der Waals surface area contributed by atoms with E-state index in [9.17, 15) is 4.39 Å². The molecule has 0 aliphatic carbocycles. The van der Waals surface area contributed by atoms with Gasteiger partial charge in [-0.2, -0.15) is 0 Å². The van der Waals surface area contributed by atoms with Gasteiger partial charge in [0.05, 0.1) is 13.2 Å². The quantitative estimate of drug-likeness (QED) is 0.912. The third kappa shape index (κ3) is 3.20. The number of rotatable bonds is 3. The van der Waals surface area contributed by atoms with Crippen molar-refractivity contribution in [3.05, 3.63) is 30.1 Å². The molecule has 4 nitrogen and oxygen atoms in total. The number of piperazine rings is 1. The number of ether oxygens (including phenoxy) is 1. The van der Waals surface area contributed by atoms with Crippen LogP contribution in [-0.4, -0.2) is 56.9 Å². The zero-order valence-electron chi connectivity index (χ0n) is 12.6. The van der Waals surface area contributed by atoms with Gasteiger partial charge in [-0.15, -0.1) is 0 Å². The Labute approximate surface area is 125 Å². The van der Waals surface area contributed by atoms with Gasteiger partial charge >= 0.3 is 0 Å². The molecule has 5 heteroatoms. The Morgan fingerprint density at radius 1 is 1.24 bits per heavy atom. The van der Waals surface area contributed by atoms with Gasteiger partial charge in [0, 0.05) is 49.9 Å². The summed E-state index contributed by atoms with van der Waals surface area (Å²) in [7, 11) is 0. The molecule has 1 aromatic rings. The van der Waals surface area contributed by atoms with E-state index in [4.69, 9.17) is 10.5 Å². The second-order valence-corrected chi connectivity index (χ2v) is 6.52. The minimum atomic E-state index is -0.180. The van der Waals surface area contributed by atoms with Crippen LogP contribution in [0.15, 0.2) is 24.3 Å². The van der Waals surface area contributed by atoms with Crippen LogP contribution < -0.4 is 10.6 Å². The van der Waals surface area contributed by atoms with Crippen LogP contribution in [0.2, 0.25) is 0 Å². The summed E-state index contributed by atoms with van der Waals surface area (Å²) in [5.41, 5.74) is 7.33. The van der Waals surface area contributed by atoms with Crippen LogP contribution in [0.5, 0.6) is 0 Å². The monoisotopic (exact) mass is 293 g/mol. The van der Waals surface area contributed by atoms with Crippen LogP contribution in [0.3, 0.4) is 0 Å². The highest BCUT2D eigenvalue weighted by atomic mass is 19.1. The summed E-state index contributed by atoms with van der Waals surface area (Å²) in [5.74, 6) is -0.180. The highest BCUT2D eigenvalue weighted by molar-refractivity contribution is 5.46. The van der Waals surface area contributed by atoms with E-state index in [-0.39, 0.29) is 17.3 Å². The van der Waals surface area contributed by atoms with Crippen molar-refractivity contribution in [2.24, 2.45) is 11.1 Å². The summed E-state index contributed by atoms with van der Waals surface area (Å²) in [6.07, 6.45) is 0. The lowest BCUT2D eigenvalue weighted by atomic mass is 9.85. The van der Waals surface area contributed by atoms with E-state index >= 15 is 0 Å². The van der Waals surface area contributed by atoms with E-state index in [1.54, 1.807) is 0 Å². The van der Waals surface area contributed by atoms with E-state index in [0.717, 1.165) is 45.0 Å². The van der Waals surface area contributed by atoms with Gasteiger partial charge in [0.15, 0.2) is 0 Å². The second-order valence-electron chi connectivity index (χ2n) is 6.52. The number of hydrogen-bond acceptors (Lipinski definition) is 4. The number of nitrogens with zero attached hydrogens (tertiary/aromatic N) is 2. The molecule has 2 atom stereocenters. The van der Waals surface area contributed by atoms with Crippen LogP contribution in [0, 0.1) is 11.2 Å². The number of nitrogens with two attached hydrogens (primary N) is 1. The summed E-state index contributed by atoms with van der Waals surface area (Å²) >= 11 is 0. The summed E-state index contributed by atoms with van der Waals surface area (Å²) < 4.78 is 18.5. The molecule has 0 aromatic heterocycles. The number of benzene rings is 1. The third-order valence-corrected chi connectivity index (χ3v) is 4.77. The Kier molecular flexibility index (Phi) is 4.15. The van der Waals surface area contributed by atoms with E-state index in [2.05, 4.69) is 16.7 Å². The molecular weight excluding hydrogens is 269 g/mol. The number of hydrogen-bond donors (Lipinski definition) is 1. The van der Waals surface area contributed by atoms with Crippen molar-refractivity contribution in [3.63, 3.8) is 0 Å². The first kappa shape index (κ1) is 14.8. The van der Waals surface area contributed by atoms with Crippen molar-refractivity contribution in [2.45, 2.75) is 13.0 Å². The minimum absolute atomic E-state index is 0.0675. The standard InChI is InChI=1S/C16H24FN3O/c1-16(12-21-10-15(16)18)11-19-6-8-20(9-7-19)14-4-2-13(17)3-5-14/h2-5,15H,6-12,18H2,1H3. The van der Waals surface area contributed by atoms with E-state index < -0.39 is 0 Å². The maximum Gasteiger partial charge on any atom is 0.123 e. The van der Waals surface area contributed by atoms with Gasteiger partial charge < -0.3 is 15.4 Å². The molecule has 2 aliphatic rings. The van der Waals surface area contributed by atoms with Gasteiger partial charge in [0.1, 0.15) is 5.82 Å². The summed E-state index contributed by atoms with van der Waals surface area (Å²) in [6, 6.07) is 6.89. The first-order valence-corrected chi connectivity index (χ1v) is 7.63. The Hall–Kier alpha value is -1.17. The maximum atomic E-state index is 13.0. The molecule has 2 N–H and O–H groups in total. The van der Waals surface area contributed by atoms with E-state index in [1.807, 2.05) is 12.1 Å². The van der Waals surface area contributed by atoms with Crippen molar-refractivity contribution in [1.82, 2.24) is 4.90 Å². The zero-order valence-corrected chi connectivity index (χ0v) is 12.6. The van der Waals surface area contributed by atoms with Crippen molar-refractivity contribution >= 4 is 5.69 Å². The Bertz CT molecular complexity index is 473. The Morgan fingerprint density at radius 2 is 1.90 bits per heavy atom. The molecule has 2 unspecified atom stereocenters. The number of halogens is 1. The highest BCUT2D eigenvalue weighted by Gasteiger charge is 2.39. The van der Waals surface area contributed by atoms with E-state index in [1.165, 1.54) is 12.1 Å². The lowest BCUT2D eigenvalue weighted by molar-refractivity contribution is 0.115. The molecule has 2 saturated heterocycles. The summed E-state index contributed by atoms with van der Waals surface area (Å²) in [6.45, 7) is 8.61. The van der Waals surface area contributed by atoms with Crippen molar-refractivity contribution < 1.29 is 9.13 Å². The van der Waals surface area contributed by atoms with Gasteiger partial charge in [-0.3, -0.25) is 4.90 Å². The Morgan fingerprint density at radius 3 is 2.48 bits per heavy atom. The first-order valence-electron chi connectivity index (χ1n) is 7.63. The molecule has 0 saturated carbocycles. The zero-order chi connectivity index (χ0) is 14.9. The molecule has 0 amide bonds. The Balaban J connectivity index is 1.54. The van der Waals surface area contributed by atoms with Crippen LogP contribution in [0.25, 0.3) is 0 Å². The van der Waals surface area contributed by atoms with Gasteiger partial charge in [-0.1, -0.05) is 6.92 Å². The molecule has 2 heterocycles. The molecule has 2 aliphatic heterocycles. The van der Waals surface area contributed by atoms with Crippen molar-refractivity contribution in [2.75, 3.05) is 50.8 Å². The molecule has 3 rings (SSSR count). The highest BCUT2D eigenvalue weighted by Crippen LogP contribution is 2.28. The average molecular weight is 293 g/mol. The van der Waals surface area contributed by atoms with Crippen LogP contribution in [0.4, 0.5) is 10.1 Å². The third-order valence-electron chi connectivity index (χ3n) is 4.77. The fraction of sp³-hybridized carbons (Fsp3) is 0.625. The van der Waals surface area contributed by atoms with Crippen LogP contribution >= 0.6 is 0 Å². The van der Waals surface area contributed by atoms with E-state index in [0.29, 0.717) is 6.61 Å². The average Bonchev–Trinajstić information content (AvgIpc) is 2.80. The molecular formula is C16H24FN3O. The molecule has 1 aromatic carbocycles. The molecule has 0 bridgehead atoms. The summed E-state index contributed by atoms with van der Waals surface area (Å²) in [4.78, 5) is 4.78. The fourth-order valence-electron chi connectivity index (χ4n) is 3.22. The van der Waals surface area contributed by atoms with Crippen molar-refractivity contribution in [1.29, 1.82) is 0 Å². The summed E-state index contributed by atoms with van der Waals surface area (Å²) in [5, 5.41) is 0. The largest absolute Gasteiger partial charge is 0.379 e.